The van der Waals surface area contributed by atoms with Crippen LogP contribution in [0.5, 0.6) is 0 Å². The summed E-state index contributed by atoms with van der Waals surface area (Å²) >= 11 is 0. The molecule has 106 valence electrons. The number of hydrogen-bond acceptors (Lipinski definition) is 5. The molecule has 3 heterocycles. The fourth-order valence-corrected chi connectivity index (χ4v) is 2.77. The molecule has 1 aliphatic heterocycles. The molecule has 1 fully saturated rings. The average Bonchev–Trinajstić information content (AvgIpc) is 3.05. The van der Waals surface area contributed by atoms with Crippen molar-refractivity contribution in [2.24, 2.45) is 0 Å². The minimum absolute atomic E-state index is 0.354. The lowest BCUT2D eigenvalue weighted by Crippen LogP contribution is -2.27. The highest BCUT2D eigenvalue weighted by molar-refractivity contribution is 5.90. The first kappa shape index (κ1) is 13.1. The van der Waals surface area contributed by atoms with Crippen LogP contribution in [0.1, 0.15) is 29.0 Å². The summed E-state index contributed by atoms with van der Waals surface area (Å²) in [6.07, 6.45) is 5.16. The summed E-state index contributed by atoms with van der Waals surface area (Å²) in [4.78, 5) is 13.9. The normalized spacial score (nSPS) is 19.6. The van der Waals surface area contributed by atoms with Gasteiger partial charge < -0.3 is 9.64 Å². The number of fused-ring (bicyclic) bond motifs is 1. The number of likely N-dealkylation sites (tertiary alicyclic amines) is 1. The molecule has 0 aliphatic carbocycles. The van der Waals surface area contributed by atoms with Gasteiger partial charge in [-0.25, -0.2) is 4.79 Å². The van der Waals surface area contributed by atoms with Crippen LogP contribution in [0.2, 0.25) is 0 Å². The maximum atomic E-state index is 11.5. The lowest BCUT2D eigenvalue weighted by Gasteiger charge is -2.18. The Labute approximate surface area is 117 Å². The number of aromatic nitrogens is 3. The Kier molecular flexibility index (Phi) is 3.40. The molecule has 2 aromatic heterocycles. The van der Waals surface area contributed by atoms with Crippen LogP contribution in [0.15, 0.2) is 18.3 Å². The summed E-state index contributed by atoms with van der Waals surface area (Å²) in [7, 11) is 3.52. The van der Waals surface area contributed by atoms with Gasteiger partial charge in [-0.05, 0) is 38.6 Å². The molecule has 0 bridgehead atoms. The van der Waals surface area contributed by atoms with Crippen LogP contribution < -0.4 is 0 Å². The number of methoxy groups -OCH3 is 1. The lowest BCUT2D eigenvalue weighted by atomic mass is 10.1. The molecule has 0 amide bonds. The van der Waals surface area contributed by atoms with E-state index in [2.05, 4.69) is 22.1 Å². The molecule has 0 spiro atoms. The Balaban J connectivity index is 1.88. The first-order valence-corrected chi connectivity index (χ1v) is 6.81. The predicted molar refractivity (Wildman–Crippen MR) is 73.7 cm³/mol. The fourth-order valence-electron chi connectivity index (χ4n) is 2.77. The molecule has 0 radical (unpaired) electrons. The van der Waals surface area contributed by atoms with Crippen molar-refractivity contribution in [1.29, 1.82) is 0 Å². The second kappa shape index (κ2) is 5.20. The van der Waals surface area contributed by atoms with Crippen LogP contribution in [0.4, 0.5) is 0 Å². The zero-order chi connectivity index (χ0) is 14.1. The number of hydrogen-bond donors (Lipinski definition) is 0. The minimum Gasteiger partial charge on any atom is -0.465 e. The summed E-state index contributed by atoms with van der Waals surface area (Å²) in [5.74, 6) is 0.586. The van der Waals surface area contributed by atoms with Crippen LogP contribution in [-0.4, -0.2) is 52.2 Å². The van der Waals surface area contributed by atoms with Crippen molar-refractivity contribution in [3.63, 3.8) is 0 Å². The van der Waals surface area contributed by atoms with Gasteiger partial charge >= 0.3 is 5.97 Å². The van der Waals surface area contributed by atoms with Gasteiger partial charge in [-0.2, -0.15) is 0 Å². The lowest BCUT2D eigenvalue weighted by molar-refractivity contribution is 0.0600. The molecule has 1 atom stereocenters. The van der Waals surface area contributed by atoms with Crippen molar-refractivity contribution in [3.05, 3.63) is 29.7 Å². The maximum Gasteiger partial charge on any atom is 0.338 e. The van der Waals surface area contributed by atoms with Crippen LogP contribution >= 0.6 is 0 Å². The molecule has 1 unspecified atom stereocenters. The van der Waals surface area contributed by atoms with E-state index < -0.39 is 0 Å². The number of nitrogens with zero attached hydrogens (tertiary/aromatic N) is 4. The Morgan fingerprint density at radius 1 is 1.50 bits per heavy atom. The van der Waals surface area contributed by atoms with Gasteiger partial charge in [0, 0.05) is 18.7 Å². The van der Waals surface area contributed by atoms with Crippen LogP contribution in [0.25, 0.3) is 5.65 Å². The monoisotopic (exact) mass is 274 g/mol. The highest BCUT2D eigenvalue weighted by atomic mass is 16.5. The van der Waals surface area contributed by atoms with E-state index >= 15 is 0 Å². The summed E-state index contributed by atoms with van der Waals surface area (Å²) in [5, 5.41) is 8.40. The molecule has 0 aromatic carbocycles. The summed E-state index contributed by atoms with van der Waals surface area (Å²) in [6, 6.07) is 3.98. The molecule has 6 heteroatoms. The van der Waals surface area contributed by atoms with E-state index in [-0.39, 0.29) is 5.97 Å². The molecular weight excluding hydrogens is 256 g/mol. The summed E-state index contributed by atoms with van der Waals surface area (Å²) < 4.78 is 6.65. The number of ether oxygens (including phenoxy) is 1. The molecular formula is C14H18N4O2. The standard InChI is InChI=1S/C14H18N4O2/c1-17-6-3-4-11(17)9-13-16-15-12-8-10(14(19)20-2)5-7-18(12)13/h5,7-8,11H,3-4,6,9H2,1-2H3. The van der Waals surface area contributed by atoms with Gasteiger partial charge in [-0.1, -0.05) is 0 Å². The van der Waals surface area contributed by atoms with E-state index in [1.807, 2.05) is 10.6 Å². The van der Waals surface area contributed by atoms with Crippen molar-refractivity contribution < 1.29 is 9.53 Å². The van der Waals surface area contributed by atoms with E-state index in [4.69, 9.17) is 4.74 Å². The van der Waals surface area contributed by atoms with Gasteiger partial charge in [0.25, 0.3) is 0 Å². The third-order valence-corrected chi connectivity index (χ3v) is 3.99. The van der Waals surface area contributed by atoms with Crippen molar-refractivity contribution in [1.82, 2.24) is 19.5 Å². The van der Waals surface area contributed by atoms with Gasteiger partial charge in [0.05, 0.1) is 12.7 Å². The molecule has 1 aliphatic rings. The number of rotatable bonds is 3. The van der Waals surface area contributed by atoms with Gasteiger partial charge in [-0.15, -0.1) is 10.2 Å². The Morgan fingerprint density at radius 3 is 3.05 bits per heavy atom. The Hall–Kier alpha value is -1.95. The third-order valence-electron chi connectivity index (χ3n) is 3.99. The molecule has 3 rings (SSSR count). The van der Waals surface area contributed by atoms with Gasteiger partial charge in [0.15, 0.2) is 5.65 Å². The molecule has 20 heavy (non-hydrogen) atoms. The quantitative estimate of drug-likeness (QED) is 0.786. The fraction of sp³-hybridized carbons (Fsp3) is 0.500. The number of esters is 1. The third kappa shape index (κ3) is 2.27. The summed E-state index contributed by atoms with van der Waals surface area (Å²) in [6.45, 7) is 1.15. The van der Waals surface area contributed by atoms with Crippen LogP contribution in [0.3, 0.4) is 0 Å². The second-order valence-corrected chi connectivity index (χ2v) is 5.23. The van der Waals surface area contributed by atoms with Gasteiger partial charge in [0.2, 0.25) is 0 Å². The van der Waals surface area contributed by atoms with Crippen molar-refractivity contribution in [2.75, 3.05) is 20.7 Å². The average molecular weight is 274 g/mol. The molecule has 1 saturated heterocycles. The maximum absolute atomic E-state index is 11.5. The number of pyridine rings is 1. The predicted octanol–water partition coefficient (Wildman–Crippen LogP) is 1.15. The van der Waals surface area contributed by atoms with E-state index in [0.717, 1.165) is 18.8 Å². The number of likely N-dealkylation sites (N-methyl/N-ethyl adjacent to an activating group) is 1. The van der Waals surface area contributed by atoms with Crippen LogP contribution in [-0.2, 0) is 11.2 Å². The van der Waals surface area contributed by atoms with E-state index in [9.17, 15) is 4.79 Å². The Morgan fingerprint density at radius 2 is 2.35 bits per heavy atom. The smallest absolute Gasteiger partial charge is 0.338 e. The van der Waals surface area contributed by atoms with Gasteiger partial charge in [0.1, 0.15) is 5.82 Å². The highest BCUT2D eigenvalue weighted by Gasteiger charge is 2.23. The first-order valence-electron chi connectivity index (χ1n) is 6.81. The Bertz CT molecular complexity index is 637. The van der Waals surface area contributed by atoms with Gasteiger partial charge in [-0.3, -0.25) is 4.40 Å². The number of carbonyl (C=O) groups is 1. The van der Waals surface area contributed by atoms with Crippen molar-refractivity contribution in [3.8, 4) is 0 Å². The minimum atomic E-state index is -0.354. The second-order valence-electron chi connectivity index (χ2n) is 5.23. The zero-order valence-corrected chi connectivity index (χ0v) is 11.7. The molecule has 2 aromatic rings. The summed E-state index contributed by atoms with van der Waals surface area (Å²) in [5.41, 5.74) is 1.18. The topological polar surface area (TPSA) is 59.7 Å². The van der Waals surface area contributed by atoms with E-state index in [1.54, 1.807) is 12.1 Å². The first-order chi connectivity index (χ1) is 9.69. The number of carbonyl (C=O) groups excluding carboxylic acids is 1. The van der Waals surface area contributed by atoms with E-state index in [0.29, 0.717) is 17.3 Å². The highest BCUT2D eigenvalue weighted by Crippen LogP contribution is 2.19. The van der Waals surface area contributed by atoms with E-state index in [1.165, 1.54) is 20.0 Å². The molecule has 6 nitrogen and oxygen atoms in total. The molecule has 0 N–H and O–H groups in total. The zero-order valence-electron chi connectivity index (χ0n) is 11.7. The van der Waals surface area contributed by atoms with Crippen molar-refractivity contribution in [2.45, 2.75) is 25.3 Å². The van der Waals surface area contributed by atoms with Crippen LogP contribution in [0, 0.1) is 0 Å². The van der Waals surface area contributed by atoms with Crippen molar-refractivity contribution >= 4 is 11.6 Å². The largest absolute Gasteiger partial charge is 0.465 e. The SMILES string of the molecule is COC(=O)c1ccn2c(CC3CCCN3C)nnc2c1. The molecule has 0 saturated carbocycles.